The van der Waals surface area contributed by atoms with Gasteiger partial charge in [-0.3, -0.25) is 0 Å². The largest absolute Gasteiger partial charge is 0.338 e. The first-order valence-electron chi connectivity index (χ1n) is 3.86. The molecule has 6 nitrogen and oxygen atoms in total. The molecule has 0 saturated carbocycles. The highest BCUT2D eigenvalue weighted by Gasteiger charge is 2.25. The van der Waals surface area contributed by atoms with Gasteiger partial charge in [-0.25, -0.2) is 13.4 Å². The second kappa shape index (κ2) is 3.28. The summed E-state index contributed by atoms with van der Waals surface area (Å²) < 4.78 is 22.1. The van der Waals surface area contributed by atoms with Crippen LogP contribution in [0.25, 0.3) is 0 Å². The summed E-state index contributed by atoms with van der Waals surface area (Å²) >= 11 is 1.33. The van der Waals surface area contributed by atoms with E-state index in [0.717, 1.165) is 0 Å². The number of nitrogen functional groups attached to an aromatic ring is 1. The standard InChI is InChI=1S/C6H8N4O2S2/c7-5-8-6(10-9-5)13-4-1-2-14(11,12)3-4/h1-2,4H,3H2,(H3,7,8,9,10)/p+1. The van der Waals surface area contributed by atoms with E-state index in [1.54, 1.807) is 6.08 Å². The monoisotopic (exact) mass is 233 g/mol. The fourth-order valence-corrected chi connectivity index (χ4v) is 3.86. The molecule has 8 heteroatoms. The molecule has 0 spiro atoms. The molecule has 0 amide bonds. The molecule has 1 aromatic heterocycles. The molecule has 2 rings (SSSR count). The number of rotatable bonds is 2. The smallest absolute Gasteiger partial charge is 0.308 e. The van der Waals surface area contributed by atoms with Crippen LogP contribution < -0.4 is 10.7 Å². The Kier molecular flexibility index (Phi) is 2.23. The highest BCUT2D eigenvalue weighted by Crippen LogP contribution is 2.24. The van der Waals surface area contributed by atoms with E-state index in [9.17, 15) is 8.42 Å². The summed E-state index contributed by atoms with van der Waals surface area (Å²) in [6.45, 7) is 0. The predicted molar refractivity (Wildman–Crippen MR) is 52.1 cm³/mol. The van der Waals surface area contributed by atoms with Gasteiger partial charge >= 0.3 is 5.95 Å². The van der Waals surface area contributed by atoms with Crippen LogP contribution in [0.15, 0.2) is 16.6 Å². The second-order valence-corrected chi connectivity index (χ2v) is 6.04. The molecule has 0 bridgehead atoms. The lowest BCUT2D eigenvalue weighted by Crippen LogP contribution is -2.12. The Hall–Kier alpha value is -1.02. The molecule has 1 atom stereocenters. The number of H-pyrrole nitrogens is 2. The first-order chi connectivity index (χ1) is 6.55. The fourth-order valence-electron chi connectivity index (χ4n) is 1.10. The molecule has 1 unspecified atom stereocenters. The van der Waals surface area contributed by atoms with Crippen LogP contribution >= 0.6 is 11.8 Å². The Morgan fingerprint density at radius 1 is 1.71 bits per heavy atom. The van der Waals surface area contributed by atoms with Crippen molar-refractivity contribution in [3.05, 3.63) is 11.5 Å². The number of nitrogens with one attached hydrogen (secondary N) is 2. The zero-order valence-electron chi connectivity index (χ0n) is 7.10. The first kappa shape index (κ1) is 9.53. The van der Waals surface area contributed by atoms with Crippen molar-refractivity contribution in [2.75, 3.05) is 11.5 Å². The van der Waals surface area contributed by atoms with Crippen LogP contribution in [0.2, 0.25) is 0 Å². The lowest BCUT2D eigenvalue weighted by atomic mass is 10.5. The van der Waals surface area contributed by atoms with Gasteiger partial charge in [0.2, 0.25) is 0 Å². The Bertz CT molecular complexity index is 464. The number of aromatic amines is 2. The average molecular weight is 233 g/mol. The number of anilines is 1. The summed E-state index contributed by atoms with van der Waals surface area (Å²) in [5.74, 6) is 0.482. The van der Waals surface area contributed by atoms with Crippen molar-refractivity contribution < 1.29 is 13.4 Å². The van der Waals surface area contributed by atoms with E-state index < -0.39 is 9.84 Å². The topological polar surface area (TPSA) is 103 Å². The van der Waals surface area contributed by atoms with Crippen molar-refractivity contribution in [3.63, 3.8) is 0 Å². The molecule has 1 aliphatic rings. The minimum Gasteiger partial charge on any atom is -0.308 e. The zero-order valence-corrected chi connectivity index (χ0v) is 8.73. The van der Waals surface area contributed by atoms with E-state index in [0.29, 0.717) is 11.1 Å². The van der Waals surface area contributed by atoms with Crippen molar-refractivity contribution in [3.8, 4) is 0 Å². The number of nitrogens with zero attached hydrogens (tertiary/aromatic N) is 1. The molecular weight excluding hydrogens is 224 g/mol. The normalized spacial score (nSPS) is 24.1. The van der Waals surface area contributed by atoms with E-state index in [-0.39, 0.29) is 11.0 Å². The third-order valence-corrected chi connectivity index (χ3v) is 4.33. The van der Waals surface area contributed by atoms with Crippen LogP contribution in [0.4, 0.5) is 5.95 Å². The number of hydrogen-bond donors (Lipinski definition) is 2. The van der Waals surface area contributed by atoms with Crippen LogP contribution in [0.1, 0.15) is 0 Å². The van der Waals surface area contributed by atoms with Gasteiger partial charge in [-0.05, 0) is 11.8 Å². The Balaban J connectivity index is 2.05. The predicted octanol–water partition coefficient (Wildman–Crippen LogP) is -0.791. The number of aromatic nitrogens is 3. The number of sulfone groups is 1. The number of nitrogens with two attached hydrogens (primary N) is 1. The maximum atomic E-state index is 11.1. The van der Waals surface area contributed by atoms with Crippen LogP contribution in [0, 0.1) is 0 Å². The van der Waals surface area contributed by atoms with Crippen molar-refractivity contribution in [2.45, 2.75) is 10.4 Å². The summed E-state index contributed by atoms with van der Waals surface area (Å²) in [7, 11) is -2.99. The van der Waals surface area contributed by atoms with Gasteiger partial charge in [-0.15, -0.1) is 5.10 Å². The molecule has 0 fully saturated rings. The molecule has 0 aliphatic carbocycles. The van der Waals surface area contributed by atoms with Gasteiger partial charge in [0.05, 0.1) is 5.75 Å². The van der Waals surface area contributed by atoms with E-state index in [1.165, 1.54) is 17.2 Å². The van der Waals surface area contributed by atoms with Crippen molar-refractivity contribution in [2.24, 2.45) is 0 Å². The van der Waals surface area contributed by atoms with E-state index in [2.05, 4.69) is 15.2 Å². The molecule has 14 heavy (non-hydrogen) atoms. The molecule has 2 heterocycles. The summed E-state index contributed by atoms with van der Waals surface area (Å²) in [6.07, 6.45) is 1.65. The van der Waals surface area contributed by atoms with Gasteiger partial charge in [0.1, 0.15) is 0 Å². The van der Waals surface area contributed by atoms with Crippen LogP contribution in [0.3, 0.4) is 0 Å². The first-order valence-corrected chi connectivity index (χ1v) is 6.45. The van der Waals surface area contributed by atoms with Crippen LogP contribution in [-0.2, 0) is 9.84 Å². The van der Waals surface area contributed by atoms with Crippen molar-refractivity contribution >= 4 is 27.5 Å². The van der Waals surface area contributed by atoms with E-state index >= 15 is 0 Å². The summed E-state index contributed by atoms with van der Waals surface area (Å²) in [4.78, 5) is 2.78. The molecule has 0 saturated heterocycles. The summed E-state index contributed by atoms with van der Waals surface area (Å²) in [5, 5.41) is 8.14. The minimum absolute atomic E-state index is 0.0843. The maximum absolute atomic E-state index is 11.1. The van der Waals surface area contributed by atoms with Crippen molar-refractivity contribution in [1.29, 1.82) is 0 Å². The van der Waals surface area contributed by atoms with Gasteiger partial charge in [0.25, 0.3) is 5.16 Å². The quantitative estimate of drug-likeness (QED) is 0.696. The number of thioether (sulfide) groups is 1. The van der Waals surface area contributed by atoms with Crippen LogP contribution in [-0.4, -0.2) is 29.6 Å². The Morgan fingerprint density at radius 3 is 3.00 bits per heavy atom. The lowest BCUT2D eigenvalue weighted by molar-refractivity contribution is -0.410. The van der Waals surface area contributed by atoms with E-state index in [4.69, 9.17) is 5.73 Å². The molecular formula is C6H9N4O2S2+. The van der Waals surface area contributed by atoms with E-state index in [1.807, 2.05) is 0 Å². The highest BCUT2D eigenvalue weighted by atomic mass is 32.2. The van der Waals surface area contributed by atoms with Gasteiger partial charge in [-0.1, -0.05) is 6.08 Å². The molecule has 0 aromatic carbocycles. The number of hydrogen-bond acceptors (Lipinski definition) is 5. The second-order valence-electron chi connectivity index (χ2n) is 2.88. The zero-order chi connectivity index (χ0) is 10.2. The van der Waals surface area contributed by atoms with Gasteiger partial charge < -0.3 is 5.73 Å². The SMILES string of the molecule is Nc1[nH]nc(SC2C=CS(=O)(=O)C2)[nH+]1. The molecule has 76 valence electrons. The Morgan fingerprint density at radius 2 is 2.50 bits per heavy atom. The molecule has 0 radical (unpaired) electrons. The fraction of sp³-hybridized carbons (Fsp3) is 0.333. The summed E-state index contributed by atoms with van der Waals surface area (Å²) in [6, 6.07) is 0. The third kappa shape index (κ3) is 2.07. The van der Waals surface area contributed by atoms with Gasteiger partial charge in [0.15, 0.2) is 9.84 Å². The Labute approximate surface area is 84.9 Å². The van der Waals surface area contributed by atoms with Crippen LogP contribution in [0.5, 0.6) is 0 Å². The third-order valence-electron chi connectivity index (χ3n) is 1.68. The molecule has 4 N–H and O–H groups in total. The van der Waals surface area contributed by atoms with Gasteiger partial charge in [0, 0.05) is 15.8 Å². The van der Waals surface area contributed by atoms with Gasteiger partial charge in [-0.2, -0.15) is 0 Å². The molecule has 1 aromatic rings. The average Bonchev–Trinajstić information content (AvgIpc) is 2.59. The van der Waals surface area contributed by atoms with Crippen molar-refractivity contribution in [1.82, 2.24) is 10.2 Å². The maximum Gasteiger partial charge on any atom is 0.338 e. The minimum atomic E-state index is -2.99. The lowest BCUT2D eigenvalue weighted by Gasteiger charge is -1.98. The molecule has 1 aliphatic heterocycles. The highest BCUT2D eigenvalue weighted by molar-refractivity contribution is 8.02. The summed E-state index contributed by atoms with van der Waals surface area (Å²) in [5.41, 5.74) is 5.38.